The Labute approximate surface area is 306 Å². The Kier molecular flexibility index (Phi) is 7.43. The lowest BCUT2D eigenvalue weighted by Gasteiger charge is -2.13. The molecule has 0 saturated heterocycles. The molecule has 4 heteroatoms. The molecule has 0 N–H and O–H groups in total. The van der Waals surface area contributed by atoms with E-state index in [4.69, 9.17) is 19.4 Å². The van der Waals surface area contributed by atoms with E-state index in [1.165, 1.54) is 16.5 Å². The van der Waals surface area contributed by atoms with Crippen LogP contribution in [0.25, 0.3) is 100 Å². The van der Waals surface area contributed by atoms with Crippen LogP contribution >= 0.6 is 0 Å². The van der Waals surface area contributed by atoms with Crippen molar-refractivity contribution >= 4 is 32.7 Å². The van der Waals surface area contributed by atoms with Crippen LogP contribution in [0.3, 0.4) is 0 Å². The van der Waals surface area contributed by atoms with Crippen LogP contribution in [0.4, 0.5) is 0 Å². The van der Waals surface area contributed by atoms with Gasteiger partial charge in [-0.25, -0.2) is 15.0 Å². The maximum Gasteiger partial charge on any atom is 0.164 e. The molecule has 0 atom stereocenters. The summed E-state index contributed by atoms with van der Waals surface area (Å²) in [6.45, 7) is 0. The Balaban J connectivity index is 1.13. The summed E-state index contributed by atoms with van der Waals surface area (Å²) in [7, 11) is 0. The van der Waals surface area contributed by atoms with Crippen molar-refractivity contribution in [1.29, 1.82) is 0 Å². The summed E-state index contributed by atoms with van der Waals surface area (Å²) >= 11 is 0. The average molecular weight is 678 g/mol. The lowest BCUT2D eigenvalue weighted by atomic mass is 9.94. The smallest absolute Gasteiger partial charge is 0.164 e. The maximum absolute atomic E-state index is 6.66. The summed E-state index contributed by atoms with van der Waals surface area (Å²) in [5.74, 6) is 1.80. The highest BCUT2D eigenvalue weighted by atomic mass is 16.3. The molecule has 0 saturated carbocycles. The van der Waals surface area contributed by atoms with Crippen LogP contribution in [0.15, 0.2) is 192 Å². The van der Waals surface area contributed by atoms with Gasteiger partial charge in [-0.1, -0.05) is 164 Å². The van der Waals surface area contributed by atoms with Gasteiger partial charge in [0.15, 0.2) is 17.5 Å². The molecule has 8 aromatic carbocycles. The van der Waals surface area contributed by atoms with Crippen LogP contribution in [-0.4, -0.2) is 15.0 Å². The first-order valence-electron chi connectivity index (χ1n) is 17.8. The highest BCUT2D eigenvalue weighted by molar-refractivity contribution is 6.13. The number of nitrogens with zero attached hydrogens (tertiary/aromatic N) is 3. The van der Waals surface area contributed by atoms with E-state index in [-0.39, 0.29) is 0 Å². The van der Waals surface area contributed by atoms with E-state index in [0.29, 0.717) is 17.5 Å². The van der Waals surface area contributed by atoms with Crippen LogP contribution in [-0.2, 0) is 0 Å². The van der Waals surface area contributed by atoms with Crippen LogP contribution in [0.5, 0.6) is 0 Å². The third-order valence-electron chi connectivity index (χ3n) is 9.96. The van der Waals surface area contributed by atoms with Crippen LogP contribution in [0, 0.1) is 0 Å². The molecule has 0 spiro atoms. The molecule has 248 valence electrons. The molecule has 0 unspecified atom stereocenters. The zero-order valence-corrected chi connectivity index (χ0v) is 28.6. The predicted octanol–water partition coefficient (Wildman–Crippen LogP) is 12.9. The monoisotopic (exact) mass is 677 g/mol. The second-order valence-electron chi connectivity index (χ2n) is 13.2. The fraction of sp³-hybridized carbons (Fsp3) is 0. The van der Waals surface area contributed by atoms with Gasteiger partial charge in [-0.15, -0.1) is 0 Å². The van der Waals surface area contributed by atoms with E-state index in [2.05, 4.69) is 140 Å². The van der Waals surface area contributed by atoms with E-state index in [9.17, 15) is 0 Å². The minimum atomic E-state index is 0.583. The zero-order valence-electron chi connectivity index (χ0n) is 28.6. The third-order valence-corrected chi connectivity index (χ3v) is 9.96. The molecule has 10 rings (SSSR count). The molecule has 53 heavy (non-hydrogen) atoms. The normalized spacial score (nSPS) is 11.4. The summed E-state index contributed by atoms with van der Waals surface area (Å²) in [6, 6.07) is 65.2. The topological polar surface area (TPSA) is 51.8 Å². The van der Waals surface area contributed by atoms with Crippen LogP contribution in [0.1, 0.15) is 0 Å². The zero-order chi connectivity index (χ0) is 35.1. The molecule has 4 nitrogen and oxygen atoms in total. The quantitative estimate of drug-likeness (QED) is 0.176. The molecule has 2 aromatic heterocycles. The molecule has 0 aliphatic heterocycles. The first kappa shape index (κ1) is 30.6. The van der Waals surface area contributed by atoms with Crippen molar-refractivity contribution in [2.24, 2.45) is 0 Å². The third kappa shape index (κ3) is 5.63. The molecule has 0 fully saturated rings. The van der Waals surface area contributed by atoms with Crippen molar-refractivity contribution < 1.29 is 4.42 Å². The molecule has 0 bridgehead atoms. The highest BCUT2D eigenvalue weighted by Gasteiger charge is 2.21. The lowest BCUT2D eigenvalue weighted by Crippen LogP contribution is -2.01. The van der Waals surface area contributed by atoms with Crippen molar-refractivity contribution in [3.8, 4) is 67.5 Å². The Bertz CT molecular complexity index is 2910. The first-order chi connectivity index (χ1) is 26.2. The van der Waals surface area contributed by atoms with Crippen molar-refractivity contribution in [3.63, 3.8) is 0 Å². The van der Waals surface area contributed by atoms with Gasteiger partial charge < -0.3 is 4.42 Å². The van der Waals surface area contributed by atoms with E-state index in [0.717, 1.165) is 66.3 Å². The van der Waals surface area contributed by atoms with Crippen molar-refractivity contribution in [3.05, 3.63) is 188 Å². The molecular weight excluding hydrogens is 647 g/mol. The standard InChI is InChI=1S/C49H31N3O/c1-3-11-32(12-4-1)34-19-21-35(22-20-34)36-23-26-38(27-24-36)48-50-47(37-14-5-2-6-15-37)51-49(52-48)43-30-29-42-41-17-9-10-18-44(41)53-46(42)45(43)40-28-25-33-13-7-8-16-39(33)31-40/h1-31H. The molecule has 0 radical (unpaired) electrons. The van der Waals surface area contributed by atoms with Gasteiger partial charge in [0.25, 0.3) is 0 Å². The van der Waals surface area contributed by atoms with Gasteiger partial charge in [0.1, 0.15) is 11.2 Å². The summed E-state index contributed by atoms with van der Waals surface area (Å²) in [5, 5.41) is 4.46. The number of furan rings is 1. The summed E-state index contributed by atoms with van der Waals surface area (Å²) in [5.41, 5.74) is 11.0. The number of benzene rings is 8. The molecular formula is C49H31N3O. The minimum Gasteiger partial charge on any atom is -0.455 e. The van der Waals surface area contributed by atoms with Crippen molar-refractivity contribution in [1.82, 2.24) is 15.0 Å². The molecule has 0 amide bonds. The lowest BCUT2D eigenvalue weighted by molar-refractivity contribution is 0.670. The van der Waals surface area contributed by atoms with E-state index in [1.54, 1.807) is 0 Å². The Morgan fingerprint density at radius 1 is 0.321 bits per heavy atom. The van der Waals surface area contributed by atoms with Crippen molar-refractivity contribution in [2.45, 2.75) is 0 Å². The number of hydrogen-bond donors (Lipinski definition) is 0. The maximum atomic E-state index is 6.66. The van der Waals surface area contributed by atoms with Gasteiger partial charge in [0.05, 0.1) is 0 Å². The molecule has 10 aromatic rings. The Morgan fingerprint density at radius 3 is 1.49 bits per heavy atom. The minimum absolute atomic E-state index is 0.583. The van der Waals surface area contributed by atoms with Gasteiger partial charge >= 0.3 is 0 Å². The average Bonchev–Trinajstić information content (AvgIpc) is 3.62. The number of rotatable bonds is 6. The largest absolute Gasteiger partial charge is 0.455 e. The summed E-state index contributed by atoms with van der Waals surface area (Å²) in [6.07, 6.45) is 0. The van der Waals surface area contributed by atoms with Gasteiger partial charge in [0.2, 0.25) is 0 Å². The highest BCUT2D eigenvalue weighted by Crippen LogP contribution is 2.42. The van der Waals surface area contributed by atoms with E-state index in [1.807, 2.05) is 48.5 Å². The first-order valence-corrected chi connectivity index (χ1v) is 17.8. The summed E-state index contributed by atoms with van der Waals surface area (Å²) < 4.78 is 6.66. The predicted molar refractivity (Wildman–Crippen MR) is 217 cm³/mol. The van der Waals surface area contributed by atoms with Gasteiger partial charge in [-0.2, -0.15) is 0 Å². The second kappa shape index (κ2) is 12.9. The van der Waals surface area contributed by atoms with Crippen LogP contribution < -0.4 is 0 Å². The van der Waals surface area contributed by atoms with E-state index < -0.39 is 0 Å². The second-order valence-corrected chi connectivity index (χ2v) is 13.2. The number of aromatic nitrogens is 3. The Hall–Kier alpha value is -7.17. The van der Waals surface area contributed by atoms with Crippen molar-refractivity contribution in [2.75, 3.05) is 0 Å². The molecule has 2 heterocycles. The fourth-order valence-corrected chi connectivity index (χ4v) is 7.25. The molecule has 0 aliphatic carbocycles. The Morgan fingerprint density at radius 2 is 0.811 bits per heavy atom. The van der Waals surface area contributed by atoms with Gasteiger partial charge in [-0.3, -0.25) is 0 Å². The van der Waals surface area contributed by atoms with Gasteiger partial charge in [-0.05, 0) is 62.9 Å². The summed E-state index contributed by atoms with van der Waals surface area (Å²) in [4.78, 5) is 15.4. The van der Waals surface area contributed by atoms with Crippen LogP contribution in [0.2, 0.25) is 0 Å². The van der Waals surface area contributed by atoms with E-state index >= 15 is 0 Å². The number of fused-ring (bicyclic) bond motifs is 4. The SMILES string of the molecule is c1ccc(-c2ccc(-c3ccc(-c4nc(-c5ccccc5)nc(-c5ccc6c(oc7ccccc76)c5-c5ccc6ccccc6c5)n4)cc3)cc2)cc1. The number of hydrogen-bond acceptors (Lipinski definition) is 4. The van der Waals surface area contributed by atoms with Gasteiger partial charge in [0, 0.05) is 33.0 Å². The number of para-hydroxylation sites is 1. The molecule has 0 aliphatic rings. The fourth-order valence-electron chi connectivity index (χ4n) is 7.25.